The quantitative estimate of drug-likeness (QED) is 0.185. The van der Waals surface area contributed by atoms with Gasteiger partial charge in [0.05, 0.1) is 11.5 Å². The summed E-state index contributed by atoms with van der Waals surface area (Å²) < 4.78 is 11.1. The standard InChI is InChI=1S/C21H35NO4/c1-2-3-4-5-6-7-8-9-10-11-12-17-25-18-19-26-21-15-13-20(14-16-21)22(23)24/h13-16H,2-12,17-19H2,1H3. The molecular weight excluding hydrogens is 330 g/mol. The van der Waals surface area contributed by atoms with Gasteiger partial charge in [-0.15, -0.1) is 0 Å². The Bertz CT molecular complexity index is 462. The Morgan fingerprint density at radius 1 is 0.769 bits per heavy atom. The summed E-state index contributed by atoms with van der Waals surface area (Å²) in [6.07, 6.45) is 14.7. The summed E-state index contributed by atoms with van der Waals surface area (Å²) in [5.74, 6) is 0.633. The lowest BCUT2D eigenvalue weighted by Gasteiger charge is -2.07. The van der Waals surface area contributed by atoms with Crippen molar-refractivity contribution in [3.05, 3.63) is 34.4 Å². The van der Waals surface area contributed by atoms with Crippen molar-refractivity contribution in [1.29, 1.82) is 0 Å². The fourth-order valence-electron chi connectivity index (χ4n) is 2.85. The highest BCUT2D eigenvalue weighted by atomic mass is 16.6. The van der Waals surface area contributed by atoms with E-state index in [9.17, 15) is 10.1 Å². The number of unbranched alkanes of at least 4 members (excludes halogenated alkanes) is 10. The van der Waals surface area contributed by atoms with Gasteiger partial charge in [-0.1, -0.05) is 71.1 Å². The summed E-state index contributed by atoms with van der Waals surface area (Å²) in [6, 6.07) is 6.12. The average Bonchev–Trinajstić information content (AvgIpc) is 2.65. The van der Waals surface area contributed by atoms with Crippen LogP contribution in [0.3, 0.4) is 0 Å². The monoisotopic (exact) mass is 365 g/mol. The van der Waals surface area contributed by atoms with Crippen molar-refractivity contribution >= 4 is 5.69 Å². The molecule has 1 aromatic carbocycles. The molecule has 26 heavy (non-hydrogen) atoms. The second-order valence-electron chi connectivity index (χ2n) is 6.75. The third-order valence-corrected chi connectivity index (χ3v) is 4.44. The Hall–Kier alpha value is -1.62. The molecule has 148 valence electrons. The van der Waals surface area contributed by atoms with Crippen LogP contribution < -0.4 is 4.74 Å². The highest BCUT2D eigenvalue weighted by Crippen LogP contribution is 2.17. The normalized spacial score (nSPS) is 10.8. The minimum atomic E-state index is -0.416. The van der Waals surface area contributed by atoms with Crippen LogP contribution in [0.5, 0.6) is 5.75 Å². The highest BCUT2D eigenvalue weighted by Gasteiger charge is 2.04. The Morgan fingerprint density at radius 2 is 1.31 bits per heavy atom. The van der Waals surface area contributed by atoms with Gasteiger partial charge in [0.1, 0.15) is 12.4 Å². The van der Waals surface area contributed by atoms with Crippen LogP contribution in [0.4, 0.5) is 5.69 Å². The largest absolute Gasteiger partial charge is 0.491 e. The molecule has 0 aliphatic heterocycles. The number of hydrogen-bond donors (Lipinski definition) is 0. The molecule has 0 unspecified atom stereocenters. The van der Waals surface area contributed by atoms with Gasteiger partial charge < -0.3 is 9.47 Å². The Kier molecular flexibility index (Phi) is 13.5. The summed E-state index contributed by atoms with van der Waals surface area (Å²) in [7, 11) is 0. The van der Waals surface area contributed by atoms with Crippen molar-refractivity contribution in [3.63, 3.8) is 0 Å². The van der Waals surface area contributed by atoms with E-state index in [0.717, 1.165) is 13.0 Å². The minimum absolute atomic E-state index is 0.0742. The molecule has 1 aromatic rings. The molecule has 0 aliphatic rings. The summed E-state index contributed by atoms with van der Waals surface area (Å²) >= 11 is 0. The molecule has 0 bridgehead atoms. The molecule has 0 radical (unpaired) electrons. The molecule has 0 atom stereocenters. The van der Waals surface area contributed by atoms with E-state index < -0.39 is 4.92 Å². The van der Waals surface area contributed by atoms with E-state index in [1.165, 1.54) is 76.3 Å². The first-order chi connectivity index (χ1) is 12.7. The predicted octanol–water partition coefficient (Wildman–Crippen LogP) is 6.30. The second-order valence-corrected chi connectivity index (χ2v) is 6.75. The molecule has 0 N–H and O–H groups in total. The van der Waals surface area contributed by atoms with E-state index in [1.807, 2.05) is 0 Å². The zero-order chi connectivity index (χ0) is 18.9. The van der Waals surface area contributed by atoms with Crippen molar-refractivity contribution in [2.24, 2.45) is 0 Å². The molecule has 0 aliphatic carbocycles. The van der Waals surface area contributed by atoms with Crippen molar-refractivity contribution in [1.82, 2.24) is 0 Å². The lowest BCUT2D eigenvalue weighted by molar-refractivity contribution is -0.384. The van der Waals surface area contributed by atoms with Crippen LogP contribution in [0, 0.1) is 10.1 Å². The molecule has 1 rings (SSSR count). The third kappa shape index (κ3) is 11.9. The average molecular weight is 366 g/mol. The molecule has 0 aromatic heterocycles. The summed E-state index contributed by atoms with van der Waals surface area (Å²) in [5, 5.41) is 10.6. The highest BCUT2D eigenvalue weighted by molar-refractivity contribution is 5.35. The van der Waals surface area contributed by atoms with E-state index in [-0.39, 0.29) is 5.69 Å². The molecule has 0 heterocycles. The first-order valence-corrected chi connectivity index (χ1v) is 10.2. The van der Waals surface area contributed by atoms with Crippen molar-refractivity contribution < 1.29 is 14.4 Å². The molecule has 0 saturated heterocycles. The molecule has 5 nitrogen and oxygen atoms in total. The topological polar surface area (TPSA) is 61.6 Å². The maximum absolute atomic E-state index is 10.6. The lowest BCUT2D eigenvalue weighted by Crippen LogP contribution is -2.07. The Morgan fingerprint density at radius 3 is 1.85 bits per heavy atom. The van der Waals surface area contributed by atoms with Crippen LogP contribution in [0.1, 0.15) is 77.6 Å². The summed E-state index contributed by atoms with van der Waals surface area (Å²) in [4.78, 5) is 10.1. The van der Waals surface area contributed by atoms with Crippen molar-refractivity contribution in [2.45, 2.75) is 77.6 Å². The molecule has 0 spiro atoms. The predicted molar refractivity (Wildman–Crippen MR) is 106 cm³/mol. The summed E-state index contributed by atoms with van der Waals surface area (Å²) in [5.41, 5.74) is 0.0742. The fourth-order valence-corrected chi connectivity index (χ4v) is 2.85. The van der Waals surface area contributed by atoms with Gasteiger partial charge in [0.15, 0.2) is 0 Å². The molecule has 0 saturated carbocycles. The zero-order valence-corrected chi connectivity index (χ0v) is 16.3. The number of nitrogens with zero attached hydrogens (tertiary/aromatic N) is 1. The first-order valence-electron chi connectivity index (χ1n) is 10.2. The number of hydrogen-bond acceptors (Lipinski definition) is 4. The molecule has 0 fully saturated rings. The first kappa shape index (κ1) is 22.4. The maximum atomic E-state index is 10.6. The number of benzene rings is 1. The second kappa shape index (κ2) is 15.6. The Balaban J connectivity index is 1.83. The van der Waals surface area contributed by atoms with Crippen LogP contribution >= 0.6 is 0 Å². The number of ether oxygens (including phenoxy) is 2. The molecule has 5 heteroatoms. The number of rotatable bonds is 17. The third-order valence-electron chi connectivity index (χ3n) is 4.44. The van der Waals surface area contributed by atoms with Gasteiger partial charge >= 0.3 is 0 Å². The smallest absolute Gasteiger partial charge is 0.269 e. The zero-order valence-electron chi connectivity index (χ0n) is 16.3. The van der Waals surface area contributed by atoms with E-state index in [4.69, 9.17) is 9.47 Å². The van der Waals surface area contributed by atoms with Gasteiger partial charge in [0, 0.05) is 18.7 Å². The fraction of sp³-hybridized carbons (Fsp3) is 0.714. The van der Waals surface area contributed by atoms with Gasteiger partial charge in [0.25, 0.3) is 5.69 Å². The summed E-state index contributed by atoms with van der Waals surface area (Å²) in [6.45, 7) is 4.06. The van der Waals surface area contributed by atoms with Gasteiger partial charge in [-0.2, -0.15) is 0 Å². The van der Waals surface area contributed by atoms with E-state index in [0.29, 0.717) is 19.0 Å². The van der Waals surface area contributed by atoms with Crippen LogP contribution in [-0.2, 0) is 4.74 Å². The Labute approximate surface area is 158 Å². The number of nitro benzene ring substituents is 1. The van der Waals surface area contributed by atoms with Gasteiger partial charge in [-0.25, -0.2) is 0 Å². The maximum Gasteiger partial charge on any atom is 0.269 e. The van der Waals surface area contributed by atoms with E-state index in [2.05, 4.69) is 6.92 Å². The SMILES string of the molecule is CCCCCCCCCCCCCOCCOc1ccc([N+](=O)[O-])cc1. The van der Waals surface area contributed by atoms with Crippen molar-refractivity contribution in [3.8, 4) is 5.75 Å². The van der Waals surface area contributed by atoms with Crippen LogP contribution in [-0.4, -0.2) is 24.7 Å². The van der Waals surface area contributed by atoms with E-state index in [1.54, 1.807) is 12.1 Å². The van der Waals surface area contributed by atoms with Gasteiger partial charge in [0.2, 0.25) is 0 Å². The van der Waals surface area contributed by atoms with Crippen LogP contribution in [0.15, 0.2) is 24.3 Å². The van der Waals surface area contributed by atoms with Gasteiger partial charge in [-0.3, -0.25) is 10.1 Å². The molecule has 0 amide bonds. The van der Waals surface area contributed by atoms with Crippen molar-refractivity contribution in [2.75, 3.05) is 19.8 Å². The lowest BCUT2D eigenvalue weighted by atomic mass is 10.1. The number of nitro groups is 1. The minimum Gasteiger partial charge on any atom is -0.491 e. The van der Waals surface area contributed by atoms with E-state index >= 15 is 0 Å². The van der Waals surface area contributed by atoms with Gasteiger partial charge in [-0.05, 0) is 18.6 Å². The number of non-ortho nitro benzene ring substituents is 1. The molecular formula is C21H35NO4. The van der Waals surface area contributed by atoms with Crippen LogP contribution in [0.2, 0.25) is 0 Å². The van der Waals surface area contributed by atoms with Crippen LogP contribution in [0.25, 0.3) is 0 Å².